The van der Waals surface area contributed by atoms with Gasteiger partial charge in [-0.3, -0.25) is 9.47 Å². The molecule has 7 heteroatoms. The van der Waals surface area contributed by atoms with Gasteiger partial charge in [-0.1, -0.05) is 6.92 Å². The fraction of sp³-hybridized carbons (Fsp3) is 0.846. The molecule has 0 saturated carbocycles. The van der Waals surface area contributed by atoms with E-state index in [9.17, 15) is 0 Å². The second-order valence-electron chi connectivity index (χ2n) is 5.52. The molecule has 1 unspecified atom stereocenters. The predicted octanol–water partition coefficient (Wildman–Crippen LogP) is 1.26. The zero-order valence-electron chi connectivity index (χ0n) is 12.0. The van der Waals surface area contributed by atoms with Crippen LogP contribution < -0.4 is 4.90 Å². The van der Waals surface area contributed by atoms with Gasteiger partial charge in [0.25, 0.3) is 0 Å². The Morgan fingerprint density at radius 3 is 2.90 bits per heavy atom. The molecule has 2 saturated heterocycles. The summed E-state index contributed by atoms with van der Waals surface area (Å²) < 4.78 is 8.29. The minimum atomic E-state index is 0.624. The molecule has 0 spiro atoms. The summed E-state index contributed by atoms with van der Waals surface area (Å²) in [5.74, 6) is 1.01. The van der Waals surface area contributed by atoms with Gasteiger partial charge in [0.05, 0.1) is 13.2 Å². The van der Waals surface area contributed by atoms with Gasteiger partial charge in [0.15, 0.2) is 4.77 Å². The van der Waals surface area contributed by atoms with E-state index in [-0.39, 0.29) is 0 Å². The van der Waals surface area contributed by atoms with Crippen molar-refractivity contribution in [3.05, 3.63) is 4.77 Å². The number of ether oxygens (including phenoxy) is 1. The van der Waals surface area contributed by atoms with E-state index in [2.05, 4.69) is 31.5 Å². The molecule has 1 N–H and O–H groups in total. The van der Waals surface area contributed by atoms with E-state index in [4.69, 9.17) is 17.0 Å². The Labute approximate surface area is 124 Å². The second-order valence-corrected chi connectivity index (χ2v) is 5.90. The van der Waals surface area contributed by atoms with Gasteiger partial charge in [0.1, 0.15) is 0 Å². The molecule has 0 radical (unpaired) electrons. The number of aromatic amines is 1. The first kappa shape index (κ1) is 14.0. The van der Waals surface area contributed by atoms with Crippen LogP contribution >= 0.6 is 12.2 Å². The Hall–Kier alpha value is -0.920. The summed E-state index contributed by atoms with van der Waals surface area (Å²) in [7, 11) is 0. The molecule has 3 heterocycles. The van der Waals surface area contributed by atoms with Crippen molar-refractivity contribution in [2.45, 2.75) is 32.4 Å². The quantitative estimate of drug-likeness (QED) is 0.848. The van der Waals surface area contributed by atoms with E-state index in [0.29, 0.717) is 6.04 Å². The minimum Gasteiger partial charge on any atom is -0.379 e. The molecule has 1 aromatic heterocycles. The normalized spacial score (nSPS) is 24.4. The summed E-state index contributed by atoms with van der Waals surface area (Å²) in [4.78, 5) is 4.91. The van der Waals surface area contributed by atoms with E-state index in [1.165, 1.54) is 6.42 Å². The SMILES string of the molecule is CCCn1c(N2CCC(N3CCOCC3)C2)n[nH]c1=S. The highest BCUT2D eigenvalue weighted by Gasteiger charge is 2.30. The van der Waals surface area contributed by atoms with Crippen molar-refractivity contribution in [3.8, 4) is 0 Å². The highest BCUT2D eigenvalue weighted by molar-refractivity contribution is 7.71. The van der Waals surface area contributed by atoms with Crippen LogP contribution in [0.15, 0.2) is 0 Å². The number of morpholine rings is 1. The van der Waals surface area contributed by atoms with E-state index < -0.39 is 0 Å². The largest absolute Gasteiger partial charge is 0.379 e. The summed E-state index contributed by atoms with van der Waals surface area (Å²) in [6.07, 6.45) is 2.27. The molecule has 0 amide bonds. The zero-order chi connectivity index (χ0) is 13.9. The Morgan fingerprint density at radius 1 is 1.35 bits per heavy atom. The second kappa shape index (κ2) is 6.24. The Balaban J connectivity index is 1.69. The molecule has 2 aliphatic heterocycles. The monoisotopic (exact) mass is 297 g/mol. The molecule has 0 bridgehead atoms. The number of nitrogens with one attached hydrogen (secondary N) is 1. The summed E-state index contributed by atoms with van der Waals surface area (Å²) in [6.45, 7) is 9.05. The van der Waals surface area contributed by atoms with Gasteiger partial charge in [-0.15, -0.1) is 5.10 Å². The average Bonchev–Trinajstić information content (AvgIpc) is 3.08. The lowest BCUT2D eigenvalue weighted by Crippen LogP contribution is -2.44. The van der Waals surface area contributed by atoms with Crippen LogP contribution in [0.5, 0.6) is 0 Å². The third-order valence-electron chi connectivity index (χ3n) is 4.19. The van der Waals surface area contributed by atoms with Crippen LogP contribution in [-0.4, -0.2) is 65.1 Å². The van der Waals surface area contributed by atoms with Gasteiger partial charge in [-0.2, -0.15) is 0 Å². The van der Waals surface area contributed by atoms with Crippen molar-refractivity contribution in [1.29, 1.82) is 0 Å². The molecule has 0 aliphatic carbocycles. The van der Waals surface area contributed by atoms with Crippen molar-refractivity contribution in [1.82, 2.24) is 19.7 Å². The van der Waals surface area contributed by atoms with Crippen molar-refractivity contribution in [3.63, 3.8) is 0 Å². The first-order valence-corrected chi connectivity index (χ1v) is 7.92. The molecule has 6 nitrogen and oxygen atoms in total. The molecule has 2 aliphatic rings. The summed E-state index contributed by atoms with van der Waals surface area (Å²) >= 11 is 5.32. The van der Waals surface area contributed by atoms with Crippen molar-refractivity contribution < 1.29 is 4.74 Å². The number of H-pyrrole nitrogens is 1. The molecule has 20 heavy (non-hydrogen) atoms. The first-order valence-electron chi connectivity index (χ1n) is 7.51. The first-order chi connectivity index (χ1) is 9.79. The van der Waals surface area contributed by atoms with Crippen LogP contribution in [0.1, 0.15) is 19.8 Å². The van der Waals surface area contributed by atoms with Gasteiger partial charge >= 0.3 is 0 Å². The summed E-state index contributed by atoms with van der Waals surface area (Å²) in [6, 6.07) is 0.624. The lowest BCUT2D eigenvalue weighted by Gasteiger charge is -2.32. The Kier molecular flexibility index (Phi) is 4.38. The Bertz CT molecular complexity index is 493. The van der Waals surface area contributed by atoms with Crippen LogP contribution in [0.4, 0.5) is 5.95 Å². The molecule has 0 aromatic carbocycles. The van der Waals surface area contributed by atoms with Crippen LogP contribution in [-0.2, 0) is 11.3 Å². The number of hydrogen-bond donors (Lipinski definition) is 1. The molecule has 3 rings (SSSR count). The van der Waals surface area contributed by atoms with Crippen LogP contribution in [0, 0.1) is 4.77 Å². The fourth-order valence-corrected chi connectivity index (χ4v) is 3.36. The smallest absolute Gasteiger partial charge is 0.225 e. The van der Waals surface area contributed by atoms with E-state index >= 15 is 0 Å². The van der Waals surface area contributed by atoms with Crippen molar-refractivity contribution in [2.75, 3.05) is 44.3 Å². The number of anilines is 1. The lowest BCUT2D eigenvalue weighted by molar-refractivity contribution is 0.0209. The molecular formula is C13H23N5OS. The minimum absolute atomic E-state index is 0.624. The van der Waals surface area contributed by atoms with Crippen LogP contribution in [0.25, 0.3) is 0 Å². The molecule has 112 valence electrons. The van der Waals surface area contributed by atoms with Gasteiger partial charge < -0.3 is 9.64 Å². The zero-order valence-corrected chi connectivity index (χ0v) is 12.9. The fourth-order valence-electron chi connectivity index (χ4n) is 3.14. The Morgan fingerprint density at radius 2 is 2.15 bits per heavy atom. The maximum Gasteiger partial charge on any atom is 0.225 e. The number of hydrogen-bond acceptors (Lipinski definition) is 5. The standard InChI is InChI=1S/C13H23N5OS/c1-2-4-18-12(14-15-13(18)20)17-5-3-11(10-17)16-6-8-19-9-7-16/h11H,2-10H2,1H3,(H,15,20). The molecular weight excluding hydrogens is 274 g/mol. The van der Waals surface area contributed by atoms with Crippen molar-refractivity contribution >= 4 is 18.2 Å². The van der Waals surface area contributed by atoms with E-state index in [0.717, 1.165) is 63.1 Å². The average molecular weight is 297 g/mol. The summed E-state index contributed by atoms with van der Waals surface area (Å²) in [5, 5.41) is 7.36. The molecule has 1 aromatic rings. The molecule has 1 atom stereocenters. The third-order valence-corrected chi connectivity index (χ3v) is 4.51. The van der Waals surface area contributed by atoms with E-state index in [1.807, 2.05) is 0 Å². The molecule has 2 fully saturated rings. The highest BCUT2D eigenvalue weighted by Crippen LogP contribution is 2.22. The third kappa shape index (κ3) is 2.75. The number of rotatable bonds is 4. The topological polar surface area (TPSA) is 49.3 Å². The number of nitrogens with zero attached hydrogens (tertiary/aromatic N) is 4. The lowest BCUT2D eigenvalue weighted by atomic mass is 10.2. The van der Waals surface area contributed by atoms with Gasteiger partial charge in [0, 0.05) is 38.8 Å². The van der Waals surface area contributed by atoms with Crippen molar-refractivity contribution in [2.24, 2.45) is 0 Å². The summed E-state index contributed by atoms with van der Waals surface area (Å²) in [5.41, 5.74) is 0. The highest BCUT2D eigenvalue weighted by atomic mass is 32.1. The predicted molar refractivity (Wildman–Crippen MR) is 80.7 cm³/mol. The van der Waals surface area contributed by atoms with Gasteiger partial charge in [-0.05, 0) is 25.1 Å². The van der Waals surface area contributed by atoms with Crippen LogP contribution in [0.3, 0.4) is 0 Å². The van der Waals surface area contributed by atoms with Gasteiger partial charge in [-0.25, -0.2) is 5.10 Å². The van der Waals surface area contributed by atoms with E-state index in [1.54, 1.807) is 0 Å². The van der Waals surface area contributed by atoms with Gasteiger partial charge in [0.2, 0.25) is 5.95 Å². The number of aromatic nitrogens is 3. The van der Waals surface area contributed by atoms with Crippen LogP contribution in [0.2, 0.25) is 0 Å². The maximum absolute atomic E-state index is 5.43. The maximum atomic E-state index is 5.43.